The minimum Gasteiger partial charge on any atom is -0.311 e. The minimum atomic E-state index is 0.566. The zero-order valence-electron chi connectivity index (χ0n) is 8.23. The van der Waals surface area contributed by atoms with E-state index in [1.165, 1.54) is 51.5 Å². The fraction of sp³-hybridized carbons (Fsp3) is 1.00. The van der Waals surface area contributed by atoms with Crippen LogP contribution < -0.4 is 5.32 Å². The summed E-state index contributed by atoms with van der Waals surface area (Å²) in [6.45, 7) is 3.71. The standard InChI is InChI=1S/C11H21N/c1-10-6-2-3-7-11(10)8-4-5-9-12-11/h10,12H,2-9H2,1H3/t10?,11-/m0/s1. The summed E-state index contributed by atoms with van der Waals surface area (Å²) in [5, 5.41) is 3.78. The highest BCUT2D eigenvalue weighted by molar-refractivity contribution is 4.97. The average molecular weight is 167 g/mol. The Morgan fingerprint density at radius 1 is 1.08 bits per heavy atom. The first-order chi connectivity index (χ1) is 5.83. The Labute approximate surface area is 75.9 Å². The molecule has 70 valence electrons. The van der Waals surface area contributed by atoms with Crippen LogP contribution in [0.1, 0.15) is 51.9 Å². The SMILES string of the molecule is CC1CCCC[C@]12CCCCN2. The lowest BCUT2D eigenvalue weighted by Gasteiger charge is -2.46. The third-order valence-corrected chi connectivity index (χ3v) is 3.98. The molecule has 0 bridgehead atoms. The highest BCUT2D eigenvalue weighted by Crippen LogP contribution is 2.38. The summed E-state index contributed by atoms with van der Waals surface area (Å²) < 4.78 is 0. The molecule has 1 nitrogen and oxygen atoms in total. The number of nitrogens with one attached hydrogen (secondary N) is 1. The minimum absolute atomic E-state index is 0.566. The lowest BCUT2D eigenvalue weighted by Crippen LogP contribution is -2.54. The molecule has 1 saturated carbocycles. The van der Waals surface area contributed by atoms with Crippen molar-refractivity contribution in [2.45, 2.75) is 57.4 Å². The predicted octanol–water partition coefficient (Wildman–Crippen LogP) is 2.71. The number of hydrogen-bond acceptors (Lipinski definition) is 1. The van der Waals surface area contributed by atoms with Crippen LogP contribution in [-0.2, 0) is 0 Å². The highest BCUT2D eigenvalue weighted by atomic mass is 15.0. The average Bonchev–Trinajstić information content (AvgIpc) is 2.12. The van der Waals surface area contributed by atoms with Crippen molar-refractivity contribution >= 4 is 0 Å². The molecule has 0 aromatic heterocycles. The van der Waals surface area contributed by atoms with E-state index >= 15 is 0 Å². The van der Waals surface area contributed by atoms with E-state index in [2.05, 4.69) is 12.2 Å². The van der Waals surface area contributed by atoms with Gasteiger partial charge in [-0.2, -0.15) is 0 Å². The maximum absolute atomic E-state index is 3.78. The smallest absolute Gasteiger partial charge is 0.0207 e. The molecular formula is C11H21N. The second-order valence-electron chi connectivity index (χ2n) is 4.69. The van der Waals surface area contributed by atoms with Crippen molar-refractivity contribution in [2.75, 3.05) is 6.54 Å². The van der Waals surface area contributed by atoms with Gasteiger partial charge in [-0.25, -0.2) is 0 Å². The third-order valence-electron chi connectivity index (χ3n) is 3.98. The summed E-state index contributed by atoms with van der Waals surface area (Å²) in [5.41, 5.74) is 0.566. The molecule has 2 rings (SSSR count). The molecule has 1 unspecified atom stereocenters. The van der Waals surface area contributed by atoms with Crippen LogP contribution >= 0.6 is 0 Å². The lowest BCUT2D eigenvalue weighted by atomic mass is 9.69. The predicted molar refractivity (Wildman–Crippen MR) is 52.2 cm³/mol. The Morgan fingerprint density at radius 3 is 2.42 bits per heavy atom. The molecule has 0 radical (unpaired) electrons. The van der Waals surface area contributed by atoms with Crippen molar-refractivity contribution in [3.63, 3.8) is 0 Å². The number of piperidine rings is 1. The molecular weight excluding hydrogens is 146 g/mol. The van der Waals surface area contributed by atoms with Crippen molar-refractivity contribution in [1.29, 1.82) is 0 Å². The second kappa shape index (κ2) is 3.37. The fourth-order valence-corrected chi connectivity index (χ4v) is 3.04. The summed E-state index contributed by atoms with van der Waals surface area (Å²) >= 11 is 0. The van der Waals surface area contributed by atoms with Gasteiger partial charge in [0, 0.05) is 5.54 Å². The van der Waals surface area contributed by atoms with Gasteiger partial charge in [0.25, 0.3) is 0 Å². The van der Waals surface area contributed by atoms with E-state index in [0.717, 1.165) is 5.92 Å². The molecule has 0 aromatic carbocycles. The van der Waals surface area contributed by atoms with Crippen LogP contribution in [-0.4, -0.2) is 12.1 Å². The maximum Gasteiger partial charge on any atom is 0.0207 e. The van der Waals surface area contributed by atoms with Gasteiger partial charge in [0.2, 0.25) is 0 Å². The van der Waals surface area contributed by atoms with E-state index in [1.807, 2.05) is 0 Å². The van der Waals surface area contributed by atoms with Gasteiger partial charge in [0.1, 0.15) is 0 Å². The summed E-state index contributed by atoms with van der Waals surface area (Å²) in [4.78, 5) is 0. The summed E-state index contributed by atoms with van der Waals surface area (Å²) in [5.74, 6) is 0.923. The van der Waals surface area contributed by atoms with Crippen LogP contribution in [0.4, 0.5) is 0 Å². The molecule has 12 heavy (non-hydrogen) atoms. The van der Waals surface area contributed by atoms with Gasteiger partial charge >= 0.3 is 0 Å². The van der Waals surface area contributed by atoms with E-state index in [0.29, 0.717) is 5.54 Å². The first-order valence-electron chi connectivity index (χ1n) is 5.58. The molecule has 2 aliphatic rings. The van der Waals surface area contributed by atoms with E-state index in [4.69, 9.17) is 0 Å². The fourth-order valence-electron chi connectivity index (χ4n) is 3.04. The van der Waals surface area contributed by atoms with Gasteiger partial charge in [-0.05, 0) is 38.1 Å². The van der Waals surface area contributed by atoms with Crippen molar-refractivity contribution in [3.05, 3.63) is 0 Å². The molecule has 1 heterocycles. The summed E-state index contributed by atoms with van der Waals surface area (Å²) in [7, 11) is 0. The zero-order valence-corrected chi connectivity index (χ0v) is 8.23. The summed E-state index contributed by atoms with van der Waals surface area (Å²) in [6, 6.07) is 0. The molecule has 2 fully saturated rings. The van der Waals surface area contributed by atoms with Gasteiger partial charge in [-0.1, -0.05) is 26.2 Å². The molecule has 1 spiro atoms. The van der Waals surface area contributed by atoms with E-state index in [-0.39, 0.29) is 0 Å². The van der Waals surface area contributed by atoms with Crippen LogP contribution in [0.3, 0.4) is 0 Å². The van der Waals surface area contributed by atoms with E-state index < -0.39 is 0 Å². The van der Waals surface area contributed by atoms with Crippen LogP contribution in [0, 0.1) is 5.92 Å². The first kappa shape index (κ1) is 8.55. The molecule has 1 saturated heterocycles. The monoisotopic (exact) mass is 167 g/mol. The van der Waals surface area contributed by atoms with Crippen LogP contribution in [0.15, 0.2) is 0 Å². The topological polar surface area (TPSA) is 12.0 Å². The number of hydrogen-bond donors (Lipinski definition) is 1. The van der Waals surface area contributed by atoms with Gasteiger partial charge in [-0.15, -0.1) is 0 Å². The van der Waals surface area contributed by atoms with Crippen LogP contribution in [0.5, 0.6) is 0 Å². The van der Waals surface area contributed by atoms with E-state index in [1.54, 1.807) is 0 Å². The Hall–Kier alpha value is -0.0400. The van der Waals surface area contributed by atoms with Gasteiger partial charge < -0.3 is 5.32 Å². The molecule has 2 atom stereocenters. The second-order valence-corrected chi connectivity index (χ2v) is 4.69. The Bertz CT molecular complexity index is 139. The maximum atomic E-state index is 3.78. The molecule has 0 aromatic rings. The summed E-state index contributed by atoms with van der Waals surface area (Å²) in [6.07, 6.45) is 10.1. The normalized spacial score (nSPS) is 43.2. The lowest BCUT2D eigenvalue weighted by molar-refractivity contribution is 0.119. The van der Waals surface area contributed by atoms with Gasteiger partial charge in [0.15, 0.2) is 0 Å². The molecule has 1 aliphatic carbocycles. The Kier molecular flexibility index (Phi) is 2.40. The van der Waals surface area contributed by atoms with Crippen molar-refractivity contribution in [1.82, 2.24) is 5.32 Å². The first-order valence-corrected chi connectivity index (χ1v) is 5.58. The zero-order chi connectivity index (χ0) is 8.44. The van der Waals surface area contributed by atoms with Crippen molar-refractivity contribution in [2.24, 2.45) is 5.92 Å². The molecule has 1 aliphatic heterocycles. The van der Waals surface area contributed by atoms with Crippen molar-refractivity contribution < 1.29 is 0 Å². The van der Waals surface area contributed by atoms with Crippen LogP contribution in [0.25, 0.3) is 0 Å². The third kappa shape index (κ3) is 1.39. The molecule has 1 N–H and O–H groups in total. The largest absolute Gasteiger partial charge is 0.311 e. The quantitative estimate of drug-likeness (QED) is 0.585. The highest BCUT2D eigenvalue weighted by Gasteiger charge is 2.38. The van der Waals surface area contributed by atoms with Gasteiger partial charge in [0.05, 0.1) is 0 Å². The van der Waals surface area contributed by atoms with Crippen LogP contribution in [0.2, 0.25) is 0 Å². The number of rotatable bonds is 0. The Morgan fingerprint density at radius 2 is 1.83 bits per heavy atom. The molecule has 1 heteroatoms. The Balaban J connectivity index is 2.04. The molecule has 0 amide bonds. The van der Waals surface area contributed by atoms with Crippen molar-refractivity contribution in [3.8, 4) is 0 Å². The van der Waals surface area contributed by atoms with Gasteiger partial charge in [-0.3, -0.25) is 0 Å². The van der Waals surface area contributed by atoms with E-state index in [9.17, 15) is 0 Å².